The van der Waals surface area contributed by atoms with Crippen LogP contribution in [0.15, 0.2) is 72.8 Å². The molecule has 0 heterocycles. The summed E-state index contributed by atoms with van der Waals surface area (Å²) >= 11 is 0. The molecule has 0 bridgehead atoms. The van der Waals surface area contributed by atoms with Crippen LogP contribution in [0.5, 0.6) is 0 Å². The lowest BCUT2D eigenvalue weighted by Gasteiger charge is -2.28. The number of hydrogen-bond acceptors (Lipinski definition) is 1. The lowest BCUT2D eigenvalue weighted by atomic mass is 9.77. The van der Waals surface area contributed by atoms with E-state index in [1.165, 1.54) is 60.8 Å². The molecule has 29 heavy (non-hydrogen) atoms. The Kier molecular flexibility index (Phi) is 8.77. The minimum atomic E-state index is 0.668. The molecule has 0 atom stereocenters. The maximum Gasteiger partial charge on any atom is 0.0721 e. The summed E-state index contributed by atoms with van der Waals surface area (Å²) in [5, 5.41) is 0. The predicted molar refractivity (Wildman–Crippen MR) is 125 cm³/mol. The van der Waals surface area contributed by atoms with Gasteiger partial charge in [0, 0.05) is 0 Å². The molecular weight excluding hydrogens is 352 g/mol. The molecule has 2 aromatic rings. The summed E-state index contributed by atoms with van der Waals surface area (Å²) in [7, 11) is 0. The quantitative estimate of drug-likeness (QED) is 0.311. The summed E-state index contributed by atoms with van der Waals surface area (Å²) in [6.07, 6.45) is 16.6. The number of rotatable bonds is 9. The van der Waals surface area contributed by atoms with E-state index in [1.807, 2.05) is 19.1 Å². The zero-order chi connectivity index (χ0) is 20.3. The summed E-state index contributed by atoms with van der Waals surface area (Å²) in [5.74, 6) is 1.68. The van der Waals surface area contributed by atoms with Crippen molar-refractivity contribution in [3.05, 3.63) is 84.0 Å². The predicted octanol–water partition coefficient (Wildman–Crippen LogP) is 8.08. The zero-order valence-electron chi connectivity index (χ0n) is 18.1. The summed E-state index contributed by atoms with van der Waals surface area (Å²) in [5.41, 5.74) is 5.33. The van der Waals surface area contributed by atoms with Gasteiger partial charge in [-0.25, -0.2) is 0 Å². The van der Waals surface area contributed by atoms with E-state index in [-0.39, 0.29) is 0 Å². The van der Waals surface area contributed by atoms with Crippen LogP contribution in [-0.4, -0.2) is 6.61 Å². The van der Waals surface area contributed by atoms with Gasteiger partial charge in [-0.05, 0) is 86.5 Å². The number of ether oxygens (including phenoxy) is 1. The van der Waals surface area contributed by atoms with Crippen LogP contribution >= 0.6 is 0 Å². The largest absolute Gasteiger partial charge is 0.373 e. The Morgan fingerprint density at radius 2 is 1.41 bits per heavy atom. The Morgan fingerprint density at radius 1 is 0.793 bits per heavy atom. The van der Waals surface area contributed by atoms with Crippen molar-refractivity contribution in [3.63, 3.8) is 0 Å². The van der Waals surface area contributed by atoms with Gasteiger partial charge < -0.3 is 4.74 Å². The van der Waals surface area contributed by atoms with E-state index >= 15 is 0 Å². The minimum absolute atomic E-state index is 0.668. The van der Waals surface area contributed by atoms with Gasteiger partial charge >= 0.3 is 0 Å². The Hall–Kier alpha value is -2.12. The van der Waals surface area contributed by atoms with Gasteiger partial charge in [-0.2, -0.15) is 0 Å². The number of hydrogen-bond donors (Lipinski definition) is 0. The highest BCUT2D eigenvalue weighted by Gasteiger charge is 2.21. The smallest absolute Gasteiger partial charge is 0.0721 e. The molecule has 0 aromatic heterocycles. The van der Waals surface area contributed by atoms with Crippen molar-refractivity contribution in [2.24, 2.45) is 5.92 Å². The molecule has 1 fully saturated rings. The molecule has 1 heteroatoms. The summed E-state index contributed by atoms with van der Waals surface area (Å²) < 4.78 is 5.63. The van der Waals surface area contributed by atoms with E-state index in [0.29, 0.717) is 13.2 Å². The zero-order valence-corrected chi connectivity index (χ0v) is 18.1. The maximum atomic E-state index is 5.63. The third-order valence-electron chi connectivity index (χ3n) is 6.21. The second-order valence-electron chi connectivity index (χ2n) is 8.27. The highest BCUT2D eigenvalue weighted by atomic mass is 16.5. The first-order valence-electron chi connectivity index (χ1n) is 11.3. The molecule has 2 aromatic carbocycles. The van der Waals surface area contributed by atoms with Crippen LogP contribution < -0.4 is 0 Å². The highest BCUT2D eigenvalue weighted by molar-refractivity contribution is 5.64. The second-order valence-corrected chi connectivity index (χ2v) is 8.27. The van der Waals surface area contributed by atoms with Gasteiger partial charge in [0.05, 0.1) is 13.2 Å². The minimum Gasteiger partial charge on any atom is -0.373 e. The molecule has 1 nitrogen and oxygen atoms in total. The number of benzene rings is 2. The lowest BCUT2D eigenvalue weighted by Crippen LogP contribution is -2.13. The third kappa shape index (κ3) is 6.72. The molecule has 154 valence electrons. The molecule has 0 amide bonds. The third-order valence-corrected chi connectivity index (χ3v) is 6.21. The standard InChI is InChI=1S/C28H36O/c1-3-5-7-8-23-9-13-25(14-10-23)27-17-19-28(20-18-27)26-15-11-24(12-16-26)22-29-21-6-4-2/h3-6,11-12,15-20,23,25H,7-10,13-14,21-22H2,1-2H3/b5-3+,6-4+. The lowest BCUT2D eigenvalue weighted by molar-refractivity contribution is 0.148. The Morgan fingerprint density at radius 3 is 2.03 bits per heavy atom. The van der Waals surface area contributed by atoms with Gasteiger partial charge in [-0.3, -0.25) is 0 Å². The monoisotopic (exact) mass is 388 g/mol. The summed E-state index contributed by atoms with van der Waals surface area (Å²) in [6, 6.07) is 18.1. The summed E-state index contributed by atoms with van der Waals surface area (Å²) in [6.45, 7) is 5.48. The Bertz CT molecular complexity index is 759. The van der Waals surface area contributed by atoms with E-state index in [2.05, 4.69) is 67.6 Å². The van der Waals surface area contributed by atoms with Crippen molar-refractivity contribution in [3.8, 4) is 11.1 Å². The van der Waals surface area contributed by atoms with Gasteiger partial charge in [0.25, 0.3) is 0 Å². The van der Waals surface area contributed by atoms with Gasteiger partial charge in [0.2, 0.25) is 0 Å². The molecule has 0 saturated heterocycles. The Labute approximate surface area is 177 Å². The SMILES string of the molecule is C/C=C/CCC1CCC(c2ccc(-c3ccc(COC/C=C/C)cc3)cc2)CC1. The molecule has 0 aliphatic heterocycles. The molecule has 1 saturated carbocycles. The van der Waals surface area contributed by atoms with E-state index < -0.39 is 0 Å². The van der Waals surface area contributed by atoms with Gasteiger partial charge in [0.1, 0.15) is 0 Å². The normalized spacial score (nSPS) is 19.9. The first-order valence-corrected chi connectivity index (χ1v) is 11.3. The molecule has 0 N–H and O–H groups in total. The van der Waals surface area contributed by atoms with Crippen LogP contribution in [0.4, 0.5) is 0 Å². The Balaban J connectivity index is 1.51. The average Bonchev–Trinajstić information content (AvgIpc) is 2.78. The molecule has 3 rings (SSSR count). The van der Waals surface area contributed by atoms with Gasteiger partial charge in [0.15, 0.2) is 0 Å². The molecule has 1 aliphatic carbocycles. The molecule has 1 aliphatic rings. The van der Waals surface area contributed by atoms with Crippen LogP contribution in [0.1, 0.15) is 69.4 Å². The second kappa shape index (κ2) is 11.8. The van der Waals surface area contributed by atoms with Crippen molar-refractivity contribution >= 4 is 0 Å². The van der Waals surface area contributed by atoms with E-state index in [1.54, 1.807) is 0 Å². The van der Waals surface area contributed by atoms with E-state index in [4.69, 9.17) is 4.74 Å². The molecule has 0 spiro atoms. The average molecular weight is 389 g/mol. The maximum absolute atomic E-state index is 5.63. The van der Waals surface area contributed by atoms with Crippen molar-refractivity contribution in [2.45, 2.75) is 64.9 Å². The fraction of sp³-hybridized carbons (Fsp3) is 0.429. The summed E-state index contributed by atoms with van der Waals surface area (Å²) in [4.78, 5) is 0. The first-order chi connectivity index (χ1) is 14.3. The number of allylic oxidation sites excluding steroid dienone is 3. The topological polar surface area (TPSA) is 9.23 Å². The van der Waals surface area contributed by atoms with Crippen molar-refractivity contribution < 1.29 is 4.74 Å². The molecule has 0 radical (unpaired) electrons. The van der Waals surface area contributed by atoms with Crippen LogP contribution in [0, 0.1) is 5.92 Å². The molecular formula is C28H36O. The fourth-order valence-corrected chi connectivity index (χ4v) is 4.37. The van der Waals surface area contributed by atoms with Crippen LogP contribution in [0.2, 0.25) is 0 Å². The van der Waals surface area contributed by atoms with Crippen LogP contribution in [0.25, 0.3) is 11.1 Å². The van der Waals surface area contributed by atoms with Crippen molar-refractivity contribution in [1.29, 1.82) is 0 Å². The molecule has 0 unspecified atom stereocenters. The van der Waals surface area contributed by atoms with Crippen LogP contribution in [0.3, 0.4) is 0 Å². The van der Waals surface area contributed by atoms with Crippen molar-refractivity contribution in [1.82, 2.24) is 0 Å². The van der Waals surface area contributed by atoms with Crippen molar-refractivity contribution in [2.75, 3.05) is 6.61 Å². The van der Waals surface area contributed by atoms with Gasteiger partial charge in [-0.15, -0.1) is 0 Å². The fourth-order valence-electron chi connectivity index (χ4n) is 4.37. The van der Waals surface area contributed by atoms with E-state index in [9.17, 15) is 0 Å². The highest BCUT2D eigenvalue weighted by Crippen LogP contribution is 2.38. The van der Waals surface area contributed by atoms with E-state index in [0.717, 1.165) is 11.8 Å². The first kappa shape index (κ1) is 21.6. The van der Waals surface area contributed by atoms with Crippen LogP contribution in [-0.2, 0) is 11.3 Å². The van der Waals surface area contributed by atoms with Gasteiger partial charge in [-0.1, -0.05) is 72.8 Å².